The highest BCUT2D eigenvalue weighted by molar-refractivity contribution is 7.89. The summed E-state index contributed by atoms with van der Waals surface area (Å²) >= 11 is 0. The lowest BCUT2D eigenvalue weighted by Crippen LogP contribution is -2.38. The van der Waals surface area contributed by atoms with Gasteiger partial charge in [0.1, 0.15) is 0 Å². The van der Waals surface area contributed by atoms with E-state index in [2.05, 4.69) is 10.2 Å². The van der Waals surface area contributed by atoms with Crippen LogP contribution in [0.2, 0.25) is 0 Å². The minimum atomic E-state index is -3.05. The molecule has 0 saturated carbocycles. The lowest BCUT2D eigenvalue weighted by Gasteiger charge is -2.31. The third kappa shape index (κ3) is 6.49. The average Bonchev–Trinajstić information content (AvgIpc) is 2.40. The quantitative estimate of drug-likeness (QED) is 0.565. The summed E-state index contributed by atoms with van der Waals surface area (Å²) < 4.78 is 24.4. The fourth-order valence-corrected chi connectivity index (χ4v) is 3.30. The molecule has 0 aliphatic carbocycles. The topological polar surface area (TPSA) is 72.9 Å². The summed E-state index contributed by atoms with van der Waals surface area (Å²) in [6.07, 6.45) is 2.97. The van der Waals surface area contributed by atoms with Gasteiger partial charge in [-0.3, -0.25) is 0 Å². The fourth-order valence-electron chi connectivity index (χ4n) is 2.42. The molecule has 0 spiro atoms. The number of piperidine rings is 1. The van der Waals surface area contributed by atoms with Crippen molar-refractivity contribution in [1.29, 1.82) is 0 Å². The van der Waals surface area contributed by atoms with Crippen LogP contribution < -0.4 is 5.32 Å². The van der Waals surface area contributed by atoms with Gasteiger partial charge in [0.15, 0.2) is 0 Å². The Morgan fingerprint density at radius 2 is 1.95 bits per heavy atom. The van der Waals surface area contributed by atoms with Gasteiger partial charge in [0.25, 0.3) is 0 Å². The Morgan fingerprint density at radius 1 is 1.30 bits per heavy atom. The predicted molar refractivity (Wildman–Crippen MR) is 81.2 cm³/mol. The van der Waals surface area contributed by atoms with Gasteiger partial charge in [-0.25, -0.2) is 12.7 Å². The van der Waals surface area contributed by atoms with Crippen LogP contribution in [0.25, 0.3) is 0 Å². The van der Waals surface area contributed by atoms with Gasteiger partial charge in [-0.05, 0) is 51.4 Å². The van der Waals surface area contributed by atoms with Crippen LogP contribution >= 0.6 is 0 Å². The van der Waals surface area contributed by atoms with E-state index in [4.69, 9.17) is 5.11 Å². The summed E-state index contributed by atoms with van der Waals surface area (Å²) in [5.41, 5.74) is 0. The van der Waals surface area contributed by atoms with E-state index in [1.54, 1.807) is 14.1 Å². The molecule has 0 aromatic rings. The van der Waals surface area contributed by atoms with E-state index in [-0.39, 0.29) is 12.4 Å². The zero-order chi connectivity index (χ0) is 15.0. The van der Waals surface area contributed by atoms with E-state index in [1.807, 2.05) is 0 Å². The van der Waals surface area contributed by atoms with E-state index in [1.165, 1.54) is 4.31 Å². The maximum Gasteiger partial charge on any atom is 0.213 e. The molecule has 0 aromatic heterocycles. The predicted octanol–water partition coefficient (Wildman–Crippen LogP) is -0.438. The summed E-state index contributed by atoms with van der Waals surface area (Å²) in [5.74, 6) is 0.887. The first-order valence-corrected chi connectivity index (χ1v) is 9.00. The van der Waals surface area contributed by atoms with E-state index in [0.29, 0.717) is 12.3 Å². The molecule has 0 bridgehead atoms. The summed E-state index contributed by atoms with van der Waals surface area (Å²) in [6.45, 7) is 4.86. The number of sulfonamides is 1. The molecule has 1 aliphatic rings. The molecule has 20 heavy (non-hydrogen) atoms. The van der Waals surface area contributed by atoms with Crippen molar-refractivity contribution in [3.8, 4) is 0 Å². The molecule has 1 fully saturated rings. The van der Waals surface area contributed by atoms with Crippen LogP contribution in [0.4, 0.5) is 0 Å². The van der Waals surface area contributed by atoms with Crippen molar-refractivity contribution in [2.75, 3.05) is 59.2 Å². The molecule has 0 amide bonds. The number of rotatable bonds is 9. The molecular weight excluding hydrogens is 278 g/mol. The number of aliphatic hydroxyl groups excluding tert-OH is 1. The van der Waals surface area contributed by atoms with Gasteiger partial charge >= 0.3 is 0 Å². The van der Waals surface area contributed by atoms with Gasteiger partial charge in [-0.15, -0.1) is 0 Å². The van der Waals surface area contributed by atoms with Crippen molar-refractivity contribution >= 4 is 10.0 Å². The molecule has 6 nitrogen and oxygen atoms in total. The van der Waals surface area contributed by atoms with Crippen LogP contribution in [-0.4, -0.2) is 81.9 Å². The maximum absolute atomic E-state index is 11.6. The molecule has 0 aromatic carbocycles. The van der Waals surface area contributed by atoms with E-state index >= 15 is 0 Å². The summed E-state index contributed by atoms with van der Waals surface area (Å²) in [5, 5.41) is 12.2. The first kappa shape index (κ1) is 17.8. The Hall–Kier alpha value is -0.210. The zero-order valence-electron chi connectivity index (χ0n) is 12.7. The third-order valence-electron chi connectivity index (χ3n) is 3.87. The van der Waals surface area contributed by atoms with Gasteiger partial charge in [0.2, 0.25) is 10.0 Å². The van der Waals surface area contributed by atoms with Crippen LogP contribution in [0.3, 0.4) is 0 Å². The van der Waals surface area contributed by atoms with Gasteiger partial charge in [0.05, 0.1) is 12.4 Å². The molecule has 1 saturated heterocycles. The fraction of sp³-hybridized carbons (Fsp3) is 1.00. The Balaban J connectivity index is 2.06. The molecule has 2 N–H and O–H groups in total. The monoisotopic (exact) mass is 307 g/mol. The number of hydrogen-bond donors (Lipinski definition) is 2. The number of β-amino-alcohol motifs (C(OH)–C–C–N with tert-alkyl or cyclic N) is 1. The zero-order valence-corrected chi connectivity index (χ0v) is 13.5. The van der Waals surface area contributed by atoms with Crippen molar-refractivity contribution in [1.82, 2.24) is 14.5 Å². The number of nitrogens with one attached hydrogen (secondary N) is 1. The van der Waals surface area contributed by atoms with Crippen molar-refractivity contribution in [3.63, 3.8) is 0 Å². The Labute approximate surface area is 123 Å². The van der Waals surface area contributed by atoms with Gasteiger partial charge < -0.3 is 15.3 Å². The molecule has 0 unspecified atom stereocenters. The molecule has 1 rings (SSSR count). The SMILES string of the molecule is CN(C)S(=O)(=O)CCCNCC1CCN(CCO)CC1. The Kier molecular flexibility index (Phi) is 7.98. The number of nitrogens with zero attached hydrogens (tertiary/aromatic N) is 2. The van der Waals surface area contributed by atoms with Crippen LogP contribution in [0.5, 0.6) is 0 Å². The molecule has 120 valence electrons. The highest BCUT2D eigenvalue weighted by Gasteiger charge is 2.18. The highest BCUT2D eigenvalue weighted by Crippen LogP contribution is 2.15. The third-order valence-corrected chi connectivity index (χ3v) is 5.79. The number of likely N-dealkylation sites (tertiary alicyclic amines) is 1. The minimum Gasteiger partial charge on any atom is -0.395 e. The largest absolute Gasteiger partial charge is 0.395 e. The normalized spacial score (nSPS) is 18.8. The van der Waals surface area contributed by atoms with E-state index in [9.17, 15) is 8.42 Å². The summed E-state index contributed by atoms with van der Waals surface area (Å²) in [6, 6.07) is 0. The van der Waals surface area contributed by atoms with Crippen LogP contribution in [0, 0.1) is 5.92 Å². The first-order valence-electron chi connectivity index (χ1n) is 7.40. The van der Waals surface area contributed by atoms with Crippen molar-refractivity contribution in [2.24, 2.45) is 5.92 Å². The second kappa shape index (κ2) is 8.94. The first-order chi connectivity index (χ1) is 9.45. The Morgan fingerprint density at radius 3 is 2.50 bits per heavy atom. The van der Waals surface area contributed by atoms with Crippen LogP contribution in [0.1, 0.15) is 19.3 Å². The standard InChI is InChI=1S/C13H29N3O3S/c1-15(2)20(18,19)11-3-6-14-12-13-4-7-16(8-5-13)9-10-17/h13-14,17H,3-12H2,1-2H3. The van der Waals surface area contributed by atoms with Crippen molar-refractivity contribution in [2.45, 2.75) is 19.3 Å². The molecular formula is C13H29N3O3S. The second-order valence-corrected chi connectivity index (χ2v) is 7.97. The van der Waals surface area contributed by atoms with Gasteiger partial charge in [-0.2, -0.15) is 0 Å². The minimum absolute atomic E-state index is 0.210. The van der Waals surface area contributed by atoms with Gasteiger partial charge in [-0.1, -0.05) is 0 Å². The number of aliphatic hydroxyl groups is 1. The van der Waals surface area contributed by atoms with Crippen molar-refractivity contribution in [3.05, 3.63) is 0 Å². The molecule has 7 heteroatoms. The molecule has 1 heterocycles. The molecule has 0 radical (unpaired) electrons. The lowest BCUT2D eigenvalue weighted by atomic mass is 9.97. The summed E-state index contributed by atoms with van der Waals surface area (Å²) in [7, 11) is 0.0906. The van der Waals surface area contributed by atoms with E-state index < -0.39 is 10.0 Å². The van der Waals surface area contributed by atoms with Crippen LogP contribution in [0.15, 0.2) is 0 Å². The maximum atomic E-state index is 11.6. The van der Waals surface area contributed by atoms with Crippen molar-refractivity contribution < 1.29 is 13.5 Å². The van der Waals surface area contributed by atoms with E-state index in [0.717, 1.165) is 45.6 Å². The highest BCUT2D eigenvalue weighted by atomic mass is 32.2. The summed E-state index contributed by atoms with van der Waals surface area (Å²) in [4.78, 5) is 2.29. The van der Waals surface area contributed by atoms with Crippen LogP contribution in [-0.2, 0) is 10.0 Å². The average molecular weight is 307 g/mol. The second-order valence-electron chi connectivity index (χ2n) is 5.66. The number of hydrogen-bond acceptors (Lipinski definition) is 5. The Bertz CT molecular complexity index is 352. The molecule has 0 atom stereocenters. The van der Waals surface area contributed by atoms with Gasteiger partial charge in [0, 0.05) is 20.6 Å². The smallest absolute Gasteiger partial charge is 0.213 e. The molecule has 1 aliphatic heterocycles. The lowest BCUT2D eigenvalue weighted by molar-refractivity contribution is 0.147.